The molecule has 4 nitrogen and oxygen atoms in total. The topological polar surface area (TPSA) is 49.8 Å². The summed E-state index contributed by atoms with van der Waals surface area (Å²) in [7, 11) is 0. The minimum Gasteiger partial charge on any atom is -0.504 e. The van der Waals surface area contributed by atoms with E-state index in [0.717, 1.165) is 16.0 Å². The van der Waals surface area contributed by atoms with Crippen LogP contribution < -0.4 is 4.74 Å². The van der Waals surface area contributed by atoms with Crippen LogP contribution in [-0.4, -0.2) is 34.7 Å². The van der Waals surface area contributed by atoms with Crippen LogP contribution in [0.5, 0.6) is 11.5 Å². The van der Waals surface area contributed by atoms with E-state index in [1.54, 1.807) is 19.1 Å². The third-order valence-corrected chi connectivity index (χ3v) is 5.17. The predicted octanol–water partition coefficient (Wildman–Crippen LogP) is 4.63. The third kappa shape index (κ3) is 4.83. The fraction of sp³-hybridized carbons (Fsp3) is 0.409. The number of rotatable bonds is 6. The van der Waals surface area contributed by atoms with Crippen molar-refractivity contribution in [3.8, 4) is 11.5 Å². The van der Waals surface area contributed by atoms with Gasteiger partial charge in [0, 0.05) is 18.2 Å². The Labute approximate surface area is 167 Å². The van der Waals surface area contributed by atoms with E-state index in [0.29, 0.717) is 37.2 Å². The summed E-state index contributed by atoms with van der Waals surface area (Å²) in [6, 6.07) is 12.4. The quantitative estimate of drug-likeness (QED) is 0.760. The smallest absolute Gasteiger partial charge is 0.471 e. The summed E-state index contributed by atoms with van der Waals surface area (Å²) < 4.78 is 44.6. The second kappa shape index (κ2) is 8.76. The summed E-state index contributed by atoms with van der Waals surface area (Å²) in [5.74, 6) is -1.41. The number of hydrogen-bond donors (Lipinski definition) is 1. The van der Waals surface area contributed by atoms with Gasteiger partial charge < -0.3 is 14.7 Å². The van der Waals surface area contributed by atoms with Crippen molar-refractivity contribution in [2.24, 2.45) is 0 Å². The molecule has 0 heterocycles. The van der Waals surface area contributed by atoms with Crippen LogP contribution in [0.1, 0.15) is 36.5 Å². The lowest BCUT2D eigenvalue weighted by Crippen LogP contribution is -2.49. The van der Waals surface area contributed by atoms with Crippen LogP contribution in [0.25, 0.3) is 0 Å². The number of fused-ring (bicyclic) bond motifs is 1. The Bertz CT molecular complexity index is 852. The van der Waals surface area contributed by atoms with Gasteiger partial charge in [0.1, 0.15) is 6.61 Å². The van der Waals surface area contributed by atoms with Gasteiger partial charge in [-0.1, -0.05) is 43.3 Å². The van der Waals surface area contributed by atoms with Gasteiger partial charge in [0.2, 0.25) is 0 Å². The van der Waals surface area contributed by atoms with E-state index in [-0.39, 0.29) is 18.7 Å². The van der Waals surface area contributed by atoms with Crippen molar-refractivity contribution in [1.82, 2.24) is 4.90 Å². The molecule has 0 aliphatic heterocycles. The first-order valence-electron chi connectivity index (χ1n) is 9.69. The molecule has 7 heteroatoms. The zero-order valence-electron chi connectivity index (χ0n) is 16.2. The van der Waals surface area contributed by atoms with Gasteiger partial charge >= 0.3 is 12.1 Å². The number of carbonyl (C=O) groups excluding carboxylic acids is 1. The lowest BCUT2D eigenvalue weighted by Gasteiger charge is -2.35. The van der Waals surface area contributed by atoms with E-state index in [4.69, 9.17) is 4.74 Å². The molecular formula is C22H24F3NO3. The Kier molecular flexibility index (Phi) is 6.35. The molecule has 1 atom stereocenters. The van der Waals surface area contributed by atoms with Gasteiger partial charge in [0.15, 0.2) is 11.5 Å². The third-order valence-electron chi connectivity index (χ3n) is 5.17. The number of halogens is 3. The number of nitrogens with zero attached hydrogens (tertiary/aromatic N) is 1. The monoisotopic (exact) mass is 407 g/mol. The lowest BCUT2D eigenvalue weighted by atomic mass is 9.86. The van der Waals surface area contributed by atoms with E-state index in [2.05, 4.69) is 0 Å². The van der Waals surface area contributed by atoms with Crippen molar-refractivity contribution in [1.29, 1.82) is 0 Å². The Hall–Kier alpha value is -2.70. The molecule has 1 aliphatic carbocycles. The molecule has 0 radical (unpaired) electrons. The van der Waals surface area contributed by atoms with Gasteiger partial charge in [-0.3, -0.25) is 4.79 Å². The van der Waals surface area contributed by atoms with Crippen molar-refractivity contribution in [2.75, 3.05) is 6.54 Å². The SMILES string of the molecule is CCCN(C(=O)C(F)(F)F)[C@H]1CCc2c(ccc(OCc3ccccc3)c2O)C1. The van der Waals surface area contributed by atoms with Crippen molar-refractivity contribution in [2.45, 2.75) is 51.4 Å². The summed E-state index contributed by atoms with van der Waals surface area (Å²) in [5.41, 5.74) is 2.40. The molecule has 0 bridgehead atoms. The number of amides is 1. The maximum absolute atomic E-state index is 13.0. The zero-order chi connectivity index (χ0) is 21.0. The molecule has 2 aromatic carbocycles. The fourth-order valence-corrected chi connectivity index (χ4v) is 3.77. The number of aromatic hydroxyl groups is 1. The Balaban J connectivity index is 1.75. The van der Waals surface area contributed by atoms with Crippen LogP contribution in [-0.2, 0) is 24.2 Å². The number of hydrogen-bond acceptors (Lipinski definition) is 3. The van der Waals surface area contributed by atoms with Crippen LogP contribution >= 0.6 is 0 Å². The summed E-state index contributed by atoms with van der Waals surface area (Å²) >= 11 is 0. The number of benzene rings is 2. The van der Waals surface area contributed by atoms with E-state index in [9.17, 15) is 23.1 Å². The van der Waals surface area contributed by atoms with Crippen LogP contribution in [0.2, 0.25) is 0 Å². The first kappa shape index (κ1) is 21.0. The molecule has 0 saturated heterocycles. The minimum atomic E-state index is -4.88. The minimum absolute atomic E-state index is 0.0288. The van der Waals surface area contributed by atoms with Crippen molar-refractivity contribution in [3.63, 3.8) is 0 Å². The molecule has 1 N–H and O–H groups in total. The maximum atomic E-state index is 13.0. The maximum Gasteiger partial charge on any atom is 0.471 e. The average molecular weight is 407 g/mol. The van der Waals surface area contributed by atoms with Crippen LogP contribution in [0, 0.1) is 0 Å². The molecule has 2 aromatic rings. The summed E-state index contributed by atoms with van der Waals surface area (Å²) in [4.78, 5) is 12.8. The van der Waals surface area contributed by atoms with Gasteiger partial charge in [-0.05, 0) is 42.9 Å². The normalized spacial score (nSPS) is 16.2. The Morgan fingerprint density at radius 3 is 2.59 bits per heavy atom. The highest BCUT2D eigenvalue weighted by Crippen LogP contribution is 2.38. The van der Waals surface area contributed by atoms with Gasteiger partial charge in [-0.25, -0.2) is 0 Å². The molecule has 3 rings (SSSR count). The molecular weight excluding hydrogens is 383 g/mol. The van der Waals surface area contributed by atoms with Gasteiger partial charge in [0.05, 0.1) is 0 Å². The van der Waals surface area contributed by atoms with Crippen molar-refractivity contribution < 1.29 is 27.8 Å². The molecule has 0 spiro atoms. The highest BCUT2D eigenvalue weighted by atomic mass is 19.4. The number of ether oxygens (including phenoxy) is 1. The number of phenols is 1. The Morgan fingerprint density at radius 1 is 1.21 bits per heavy atom. The molecule has 1 aliphatic rings. The zero-order valence-corrected chi connectivity index (χ0v) is 16.2. The number of carbonyl (C=O) groups is 1. The fourth-order valence-electron chi connectivity index (χ4n) is 3.77. The molecule has 1 amide bonds. The summed E-state index contributed by atoms with van der Waals surface area (Å²) in [6.45, 7) is 2.11. The lowest BCUT2D eigenvalue weighted by molar-refractivity contribution is -0.188. The largest absolute Gasteiger partial charge is 0.504 e. The molecule has 29 heavy (non-hydrogen) atoms. The summed E-state index contributed by atoms with van der Waals surface area (Å²) in [6.07, 6.45) is -3.40. The van der Waals surface area contributed by atoms with Gasteiger partial charge in [0.25, 0.3) is 0 Å². The van der Waals surface area contributed by atoms with E-state index >= 15 is 0 Å². The highest BCUT2D eigenvalue weighted by molar-refractivity contribution is 5.82. The number of phenolic OH excluding ortho intramolecular Hbond substituents is 1. The second-order valence-corrected chi connectivity index (χ2v) is 7.22. The number of alkyl halides is 3. The van der Waals surface area contributed by atoms with E-state index in [1.165, 1.54) is 0 Å². The molecule has 0 fully saturated rings. The van der Waals surface area contributed by atoms with E-state index < -0.39 is 18.1 Å². The highest BCUT2D eigenvalue weighted by Gasteiger charge is 2.44. The molecule has 156 valence electrons. The van der Waals surface area contributed by atoms with Gasteiger partial charge in [-0.2, -0.15) is 13.2 Å². The van der Waals surface area contributed by atoms with Crippen LogP contribution in [0.4, 0.5) is 13.2 Å². The average Bonchev–Trinajstić information content (AvgIpc) is 2.71. The van der Waals surface area contributed by atoms with Crippen molar-refractivity contribution in [3.05, 3.63) is 59.2 Å². The first-order chi connectivity index (χ1) is 13.8. The molecule has 0 saturated carbocycles. The summed E-state index contributed by atoms with van der Waals surface area (Å²) in [5, 5.41) is 10.6. The van der Waals surface area contributed by atoms with Crippen LogP contribution in [0.3, 0.4) is 0 Å². The first-order valence-corrected chi connectivity index (χ1v) is 9.69. The molecule has 0 unspecified atom stereocenters. The van der Waals surface area contributed by atoms with Crippen molar-refractivity contribution >= 4 is 5.91 Å². The Morgan fingerprint density at radius 2 is 1.93 bits per heavy atom. The standard InChI is InChI=1S/C22H24F3NO3/c1-2-12-26(21(28)22(23,24)25)17-9-10-18-16(13-17)8-11-19(20(18)27)29-14-15-6-4-3-5-7-15/h3-8,11,17,27H,2,9-10,12-14H2,1H3/t17-/m0/s1. The van der Waals surface area contributed by atoms with Gasteiger partial charge in [-0.15, -0.1) is 0 Å². The van der Waals surface area contributed by atoms with E-state index in [1.807, 2.05) is 30.3 Å². The second-order valence-electron chi connectivity index (χ2n) is 7.22. The predicted molar refractivity (Wildman–Crippen MR) is 103 cm³/mol. The van der Waals surface area contributed by atoms with Crippen LogP contribution in [0.15, 0.2) is 42.5 Å². The molecule has 0 aromatic heterocycles.